The number of carbonyl (C=O) groups is 1. The van der Waals surface area contributed by atoms with Crippen molar-refractivity contribution in [1.29, 1.82) is 0 Å². The number of rotatable bonds is 1. The number of hydrogen-bond acceptors (Lipinski definition) is 3. The summed E-state index contributed by atoms with van der Waals surface area (Å²) < 4.78 is 1.80. The van der Waals surface area contributed by atoms with Crippen molar-refractivity contribution in [3.05, 3.63) is 17.5 Å². The summed E-state index contributed by atoms with van der Waals surface area (Å²) in [5.74, 6) is -0.951. The van der Waals surface area contributed by atoms with Crippen molar-refractivity contribution in [1.82, 2.24) is 14.7 Å². The van der Waals surface area contributed by atoms with E-state index in [4.69, 9.17) is 5.11 Å². The number of carboxylic acid groups (broad SMARTS) is 1. The Bertz CT molecular complexity index is 359. The lowest BCUT2D eigenvalue weighted by molar-refractivity contribution is 0.0689. The van der Waals surface area contributed by atoms with Gasteiger partial charge < -0.3 is 10.0 Å². The molecule has 1 aliphatic heterocycles. The molecule has 2 rings (SSSR count). The van der Waals surface area contributed by atoms with Crippen LogP contribution in [0.15, 0.2) is 6.07 Å². The van der Waals surface area contributed by atoms with Crippen LogP contribution in [0.5, 0.6) is 0 Å². The second-order valence-corrected chi connectivity index (χ2v) is 3.64. The van der Waals surface area contributed by atoms with Gasteiger partial charge >= 0.3 is 5.97 Å². The van der Waals surface area contributed by atoms with E-state index in [1.807, 2.05) is 7.05 Å². The third-order valence-corrected chi connectivity index (χ3v) is 2.42. The molecule has 5 nitrogen and oxygen atoms in total. The molecule has 0 fully saturated rings. The lowest BCUT2D eigenvalue weighted by atomic mass is 10.3. The lowest BCUT2D eigenvalue weighted by Gasteiger charge is -2.10. The standard InChI is InChI=1S/C9H13N3O2/c1-11-3-2-4-12-7(6-11)5-8(10-12)9(13)14/h5H,2-4,6H2,1H3,(H,13,14). The van der Waals surface area contributed by atoms with Gasteiger partial charge in [-0.15, -0.1) is 0 Å². The SMILES string of the molecule is CN1CCCn2nc(C(=O)O)cc2C1. The average molecular weight is 195 g/mol. The largest absolute Gasteiger partial charge is 0.476 e. The maximum Gasteiger partial charge on any atom is 0.356 e. The van der Waals surface area contributed by atoms with Crippen LogP contribution in [0.25, 0.3) is 0 Å². The molecule has 1 aromatic rings. The number of aryl methyl sites for hydroxylation is 1. The molecule has 1 N–H and O–H groups in total. The molecule has 0 amide bonds. The normalized spacial score (nSPS) is 17.5. The van der Waals surface area contributed by atoms with Crippen LogP contribution in [0.1, 0.15) is 22.6 Å². The Hall–Kier alpha value is -1.36. The predicted octanol–water partition coefficient (Wildman–Crippen LogP) is 0.417. The van der Waals surface area contributed by atoms with E-state index in [9.17, 15) is 4.79 Å². The van der Waals surface area contributed by atoms with Gasteiger partial charge in [0.1, 0.15) is 0 Å². The van der Waals surface area contributed by atoms with Crippen LogP contribution in [-0.4, -0.2) is 39.3 Å². The van der Waals surface area contributed by atoms with E-state index in [0.29, 0.717) is 0 Å². The van der Waals surface area contributed by atoms with Crippen molar-refractivity contribution in [2.75, 3.05) is 13.6 Å². The zero-order chi connectivity index (χ0) is 10.1. The van der Waals surface area contributed by atoms with Gasteiger partial charge in [-0.1, -0.05) is 0 Å². The van der Waals surface area contributed by atoms with Crippen molar-refractivity contribution < 1.29 is 9.90 Å². The van der Waals surface area contributed by atoms with Gasteiger partial charge in [0, 0.05) is 19.6 Å². The topological polar surface area (TPSA) is 58.4 Å². The summed E-state index contributed by atoms with van der Waals surface area (Å²) >= 11 is 0. The Morgan fingerprint density at radius 3 is 3.07 bits per heavy atom. The van der Waals surface area contributed by atoms with Gasteiger partial charge in [-0.2, -0.15) is 5.10 Å². The Kier molecular flexibility index (Phi) is 2.25. The number of aromatic nitrogens is 2. The number of aromatic carboxylic acids is 1. The maximum atomic E-state index is 10.7. The van der Waals surface area contributed by atoms with Crippen LogP contribution in [0.4, 0.5) is 0 Å². The number of fused-ring (bicyclic) bond motifs is 1. The third-order valence-electron chi connectivity index (χ3n) is 2.42. The van der Waals surface area contributed by atoms with Gasteiger partial charge in [0.15, 0.2) is 5.69 Å². The summed E-state index contributed by atoms with van der Waals surface area (Å²) in [6, 6.07) is 1.66. The predicted molar refractivity (Wildman–Crippen MR) is 50.1 cm³/mol. The Morgan fingerprint density at radius 1 is 1.57 bits per heavy atom. The van der Waals surface area contributed by atoms with Crippen LogP contribution in [0, 0.1) is 0 Å². The minimum Gasteiger partial charge on any atom is -0.476 e. The van der Waals surface area contributed by atoms with Crippen molar-refractivity contribution in [2.24, 2.45) is 0 Å². The number of carboxylic acids is 1. The van der Waals surface area contributed by atoms with E-state index >= 15 is 0 Å². The summed E-state index contributed by atoms with van der Waals surface area (Å²) in [6.07, 6.45) is 1.02. The Labute approximate surface area is 81.9 Å². The van der Waals surface area contributed by atoms with Crippen molar-refractivity contribution in [2.45, 2.75) is 19.5 Å². The van der Waals surface area contributed by atoms with Crippen molar-refractivity contribution >= 4 is 5.97 Å². The molecule has 0 aliphatic carbocycles. The minimum atomic E-state index is -0.951. The molecular formula is C9H13N3O2. The highest BCUT2D eigenvalue weighted by Gasteiger charge is 2.16. The molecule has 0 atom stereocenters. The molecule has 0 aromatic carbocycles. The summed E-state index contributed by atoms with van der Waals surface area (Å²) in [5, 5.41) is 12.8. The second kappa shape index (κ2) is 3.42. The lowest BCUT2D eigenvalue weighted by Crippen LogP contribution is -2.17. The summed E-state index contributed by atoms with van der Waals surface area (Å²) in [7, 11) is 2.03. The molecular weight excluding hydrogens is 182 g/mol. The first kappa shape index (κ1) is 9.21. The summed E-state index contributed by atoms with van der Waals surface area (Å²) in [4.78, 5) is 12.9. The molecule has 1 aromatic heterocycles. The first-order chi connectivity index (χ1) is 6.66. The van der Waals surface area contributed by atoms with Crippen LogP contribution in [0.3, 0.4) is 0 Å². The van der Waals surface area contributed by atoms with Crippen LogP contribution < -0.4 is 0 Å². The number of nitrogens with zero attached hydrogens (tertiary/aromatic N) is 3. The first-order valence-corrected chi connectivity index (χ1v) is 4.65. The number of hydrogen-bond donors (Lipinski definition) is 1. The quantitative estimate of drug-likeness (QED) is 0.705. The second-order valence-electron chi connectivity index (χ2n) is 3.64. The molecule has 1 aliphatic rings. The summed E-state index contributed by atoms with van der Waals surface area (Å²) in [5.41, 5.74) is 1.14. The molecule has 14 heavy (non-hydrogen) atoms. The highest BCUT2D eigenvalue weighted by Crippen LogP contribution is 2.12. The fraction of sp³-hybridized carbons (Fsp3) is 0.556. The van der Waals surface area contributed by atoms with Gasteiger partial charge in [-0.3, -0.25) is 4.68 Å². The highest BCUT2D eigenvalue weighted by atomic mass is 16.4. The van der Waals surface area contributed by atoms with E-state index in [2.05, 4.69) is 10.00 Å². The molecule has 5 heteroatoms. The highest BCUT2D eigenvalue weighted by molar-refractivity contribution is 5.85. The Balaban J connectivity index is 2.31. The Morgan fingerprint density at radius 2 is 2.36 bits per heavy atom. The molecule has 2 heterocycles. The molecule has 0 spiro atoms. The minimum absolute atomic E-state index is 0.148. The molecule has 0 unspecified atom stereocenters. The zero-order valence-electron chi connectivity index (χ0n) is 8.10. The fourth-order valence-electron chi connectivity index (χ4n) is 1.73. The van der Waals surface area contributed by atoms with Crippen molar-refractivity contribution in [3.63, 3.8) is 0 Å². The molecule has 0 radical (unpaired) electrons. The molecule has 76 valence electrons. The monoisotopic (exact) mass is 195 g/mol. The van der Waals surface area contributed by atoms with Gasteiger partial charge in [0.2, 0.25) is 0 Å². The van der Waals surface area contributed by atoms with Gasteiger partial charge in [0.05, 0.1) is 5.69 Å². The maximum absolute atomic E-state index is 10.7. The van der Waals surface area contributed by atoms with E-state index in [1.54, 1.807) is 10.7 Å². The van der Waals surface area contributed by atoms with Gasteiger partial charge in [-0.25, -0.2) is 4.79 Å². The van der Waals surface area contributed by atoms with Crippen LogP contribution in [-0.2, 0) is 13.1 Å². The van der Waals surface area contributed by atoms with Crippen LogP contribution in [0.2, 0.25) is 0 Å². The van der Waals surface area contributed by atoms with Crippen LogP contribution >= 0.6 is 0 Å². The summed E-state index contributed by atoms with van der Waals surface area (Å²) in [6.45, 7) is 2.62. The smallest absolute Gasteiger partial charge is 0.356 e. The van der Waals surface area contributed by atoms with Gasteiger partial charge in [0.25, 0.3) is 0 Å². The van der Waals surface area contributed by atoms with Gasteiger partial charge in [-0.05, 0) is 19.5 Å². The van der Waals surface area contributed by atoms with E-state index in [-0.39, 0.29) is 5.69 Å². The van der Waals surface area contributed by atoms with E-state index in [1.165, 1.54) is 0 Å². The average Bonchev–Trinajstić information content (AvgIpc) is 2.42. The van der Waals surface area contributed by atoms with Crippen molar-refractivity contribution in [3.8, 4) is 0 Å². The van der Waals surface area contributed by atoms with E-state index in [0.717, 1.165) is 31.7 Å². The molecule has 0 bridgehead atoms. The molecule has 0 saturated carbocycles. The fourth-order valence-corrected chi connectivity index (χ4v) is 1.73. The van der Waals surface area contributed by atoms with E-state index < -0.39 is 5.97 Å². The zero-order valence-corrected chi connectivity index (χ0v) is 8.10. The first-order valence-electron chi connectivity index (χ1n) is 4.65. The molecule has 0 saturated heterocycles. The third kappa shape index (κ3) is 1.63.